The number of rotatable bonds is 13. The van der Waals surface area contributed by atoms with E-state index in [1.54, 1.807) is 44.4 Å². The Hall–Kier alpha value is -6.22. The Kier molecular flexibility index (Phi) is 11.2. The third-order valence-electron chi connectivity index (χ3n) is 6.73. The lowest BCUT2D eigenvalue weighted by molar-refractivity contribution is -0.134. The first-order chi connectivity index (χ1) is 22.6. The van der Waals surface area contributed by atoms with Crippen molar-refractivity contribution in [3.05, 3.63) is 128 Å². The highest BCUT2D eigenvalue weighted by Gasteiger charge is 2.15. The third kappa shape index (κ3) is 9.15. The van der Waals surface area contributed by atoms with Crippen LogP contribution in [0.2, 0.25) is 0 Å². The number of carbonyl (C=O) groups excluding carboxylic acids is 4. The number of carbonyl (C=O) groups is 4. The van der Waals surface area contributed by atoms with Crippen molar-refractivity contribution < 1.29 is 42.9 Å². The maximum absolute atomic E-state index is 12.6. The van der Waals surface area contributed by atoms with Gasteiger partial charge in [0.05, 0.1) is 7.11 Å². The van der Waals surface area contributed by atoms with Crippen LogP contribution in [0.15, 0.2) is 122 Å². The topological polar surface area (TPSA) is 114 Å². The molecule has 0 spiro atoms. The molecule has 0 unspecified atom stereocenters. The lowest BCUT2D eigenvalue weighted by Crippen LogP contribution is -2.10. The Labute approximate surface area is 272 Å². The van der Waals surface area contributed by atoms with Gasteiger partial charge in [0.25, 0.3) is 0 Å². The van der Waals surface area contributed by atoms with Crippen molar-refractivity contribution in [2.24, 2.45) is 0 Å². The minimum atomic E-state index is -0.731. The SMILES string of the molecule is C=CC(=O)Oc1ccc(CCC(=O)Oc2ccc(-c3ccc(-c4ccc(OC(=O)C(=C)C)cc4)c(OC)c3)cc2)cc1OC(=O)C=C. The smallest absolute Gasteiger partial charge is 0.338 e. The van der Waals surface area contributed by atoms with E-state index in [1.165, 1.54) is 12.1 Å². The van der Waals surface area contributed by atoms with Gasteiger partial charge in [-0.05, 0) is 78.1 Å². The van der Waals surface area contributed by atoms with E-state index in [4.69, 9.17) is 23.7 Å². The summed E-state index contributed by atoms with van der Waals surface area (Å²) in [6, 6.07) is 24.6. The number of methoxy groups -OCH3 is 1. The van der Waals surface area contributed by atoms with Crippen LogP contribution in [-0.4, -0.2) is 31.0 Å². The summed E-state index contributed by atoms with van der Waals surface area (Å²) < 4.78 is 26.8. The second kappa shape index (κ2) is 15.7. The minimum Gasteiger partial charge on any atom is -0.496 e. The van der Waals surface area contributed by atoms with Crippen LogP contribution < -0.4 is 23.7 Å². The van der Waals surface area contributed by atoms with Crippen LogP contribution in [0.4, 0.5) is 0 Å². The number of hydrogen-bond donors (Lipinski definition) is 0. The normalized spacial score (nSPS) is 10.3. The van der Waals surface area contributed by atoms with Crippen molar-refractivity contribution in [1.29, 1.82) is 0 Å². The van der Waals surface area contributed by atoms with Gasteiger partial charge in [0, 0.05) is 29.7 Å². The van der Waals surface area contributed by atoms with Crippen LogP contribution in [0, 0.1) is 0 Å². The molecule has 0 amide bonds. The summed E-state index contributed by atoms with van der Waals surface area (Å²) >= 11 is 0. The summed E-state index contributed by atoms with van der Waals surface area (Å²) in [5.41, 5.74) is 4.49. The van der Waals surface area contributed by atoms with Crippen LogP contribution in [0.1, 0.15) is 18.9 Å². The molecule has 47 heavy (non-hydrogen) atoms. The average Bonchev–Trinajstić information content (AvgIpc) is 3.08. The van der Waals surface area contributed by atoms with Gasteiger partial charge >= 0.3 is 23.9 Å². The zero-order valence-electron chi connectivity index (χ0n) is 25.9. The monoisotopic (exact) mass is 632 g/mol. The first-order valence-electron chi connectivity index (χ1n) is 14.4. The van der Waals surface area contributed by atoms with Crippen LogP contribution in [0.5, 0.6) is 28.7 Å². The van der Waals surface area contributed by atoms with E-state index in [2.05, 4.69) is 19.7 Å². The molecule has 9 nitrogen and oxygen atoms in total. The Morgan fingerprint density at radius 2 is 1.21 bits per heavy atom. The van der Waals surface area contributed by atoms with E-state index >= 15 is 0 Å². The molecule has 0 N–H and O–H groups in total. The summed E-state index contributed by atoms with van der Waals surface area (Å²) in [7, 11) is 1.59. The molecule has 0 fully saturated rings. The molecule has 0 aliphatic carbocycles. The predicted octanol–water partition coefficient (Wildman–Crippen LogP) is 7.23. The van der Waals surface area contributed by atoms with E-state index < -0.39 is 23.9 Å². The van der Waals surface area contributed by atoms with Crippen LogP contribution in [0.25, 0.3) is 22.3 Å². The molecule has 0 atom stereocenters. The van der Waals surface area contributed by atoms with Crippen LogP contribution in [0.3, 0.4) is 0 Å². The summed E-state index contributed by atoms with van der Waals surface area (Å²) in [6.45, 7) is 11.9. The van der Waals surface area contributed by atoms with Crippen molar-refractivity contribution in [3.8, 4) is 51.0 Å². The van der Waals surface area contributed by atoms with Crippen molar-refractivity contribution >= 4 is 23.9 Å². The fourth-order valence-corrected chi connectivity index (χ4v) is 4.32. The molecule has 0 saturated heterocycles. The molecular weight excluding hydrogens is 600 g/mol. The lowest BCUT2D eigenvalue weighted by Gasteiger charge is -2.12. The minimum absolute atomic E-state index is 0.00994. The van der Waals surface area contributed by atoms with Gasteiger partial charge in [-0.2, -0.15) is 0 Å². The van der Waals surface area contributed by atoms with Crippen molar-refractivity contribution in [2.75, 3.05) is 7.11 Å². The molecule has 4 rings (SSSR count). The van der Waals surface area contributed by atoms with Crippen molar-refractivity contribution in [2.45, 2.75) is 19.8 Å². The van der Waals surface area contributed by atoms with Gasteiger partial charge in [-0.3, -0.25) is 4.79 Å². The molecule has 0 aromatic heterocycles. The van der Waals surface area contributed by atoms with E-state index in [0.29, 0.717) is 28.4 Å². The van der Waals surface area contributed by atoms with Crippen LogP contribution in [-0.2, 0) is 25.6 Å². The second-order valence-electron chi connectivity index (χ2n) is 10.1. The molecule has 0 aliphatic rings. The van der Waals surface area contributed by atoms with Gasteiger partial charge in [-0.1, -0.05) is 62.2 Å². The Balaban J connectivity index is 1.39. The fraction of sp³-hybridized carbons (Fsp3) is 0.105. The maximum atomic E-state index is 12.6. The fourth-order valence-electron chi connectivity index (χ4n) is 4.32. The number of hydrogen-bond acceptors (Lipinski definition) is 9. The maximum Gasteiger partial charge on any atom is 0.338 e. The second-order valence-corrected chi connectivity index (χ2v) is 10.1. The zero-order valence-corrected chi connectivity index (χ0v) is 25.9. The Bertz CT molecular complexity index is 1830. The van der Waals surface area contributed by atoms with Crippen LogP contribution >= 0.6 is 0 Å². The highest BCUT2D eigenvalue weighted by Crippen LogP contribution is 2.35. The predicted molar refractivity (Wildman–Crippen MR) is 176 cm³/mol. The number of esters is 4. The van der Waals surface area contributed by atoms with Gasteiger partial charge in [0.1, 0.15) is 17.2 Å². The first kappa shape index (κ1) is 33.7. The lowest BCUT2D eigenvalue weighted by atomic mass is 9.99. The molecule has 0 aliphatic heterocycles. The van der Waals surface area contributed by atoms with Crippen molar-refractivity contribution in [3.63, 3.8) is 0 Å². The van der Waals surface area contributed by atoms with Gasteiger partial charge in [-0.15, -0.1) is 0 Å². The quantitative estimate of drug-likeness (QED) is 0.0855. The zero-order chi connectivity index (χ0) is 33.9. The highest BCUT2D eigenvalue weighted by atomic mass is 16.6. The summed E-state index contributed by atoms with van der Waals surface area (Å²) in [5, 5.41) is 0. The molecule has 9 heteroatoms. The molecule has 0 saturated carbocycles. The summed E-state index contributed by atoms with van der Waals surface area (Å²) in [5.74, 6) is -0.909. The van der Waals surface area contributed by atoms with E-state index in [1.807, 2.05) is 42.5 Å². The van der Waals surface area contributed by atoms with E-state index in [0.717, 1.165) is 34.4 Å². The molecule has 0 radical (unpaired) electrons. The van der Waals surface area contributed by atoms with Gasteiger partial charge < -0.3 is 23.7 Å². The van der Waals surface area contributed by atoms with Gasteiger partial charge in [-0.25, -0.2) is 14.4 Å². The standard InChI is InChI=1S/C38H32O9/c1-6-35(39)46-32-20-8-25(22-34(32)47-36(40)7-2)9-21-37(41)44-29-15-10-26(11-16-29)28-14-19-31(33(23-28)43-5)27-12-17-30(18-13-27)45-38(42)24(3)4/h6-8,10-20,22-23H,1-3,9,21H2,4-5H3. The van der Waals surface area contributed by atoms with E-state index in [-0.39, 0.29) is 24.3 Å². The largest absolute Gasteiger partial charge is 0.496 e. The first-order valence-corrected chi connectivity index (χ1v) is 14.4. The molecule has 0 bridgehead atoms. The molecule has 238 valence electrons. The third-order valence-corrected chi connectivity index (χ3v) is 6.73. The number of benzene rings is 4. The van der Waals surface area contributed by atoms with E-state index in [9.17, 15) is 19.2 Å². The molecule has 0 heterocycles. The highest BCUT2D eigenvalue weighted by molar-refractivity contribution is 5.89. The van der Waals surface area contributed by atoms with Crippen molar-refractivity contribution in [1.82, 2.24) is 0 Å². The molecular formula is C38H32O9. The Morgan fingerprint density at radius 1 is 0.638 bits per heavy atom. The molecule has 4 aromatic carbocycles. The summed E-state index contributed by atoms with van der Waals surface area (Å²) in [6.07, 6.45) is 2.28. The summed E-state index contributed by atoms with van der Waals surface area (Å²) in [4.78, 5) is 47.8. The van der Waals surface area contributed by atoms with Gasteiger partial charge in [0.15, 0.2) is 11.5 Å². The van der Waals surface area contributed by atoms with Gasteiger partial charge in [0.2, 0.25) is 0 Å². The molecule has 4 aromatic rings. The number of aryl methyl sites for hydroxylation is 1. The number of ether oxygens (including phenoxy) is 5. The Morgan fingerprint density at radius 3 is 1.81 bits per heavy atom. The average molecular weight is 633 g/mol.